The lowest BCUT2D eigenvalue weighted by atomic mass is 10.1. The molecule has 0 saturated heterocycles. The summed E-state index contributed by atoms with van der Waals surface area (Å²) in [5, 5.41) is 1.95. The number of carbonyl (C=O) groups is 1. The molecule has 1 aromatic heterocycles. The monoisotopic (exact) mass is 438 g/mol. The van der Waals surface area contributed by atoms with Crippen molar-refractivity contribution in [3.63, 3.8) is 0 Å². The highest BCUT2D eigenvalue weighted by Gasteiger charge is 2.32. The maximum absolute atomic E-state index is 13.0. The van der Waals surface area contributed by atoms with Gasteiger partial charge in [0.1, 0.15) is 5.75 Å². The third kappa shape index (κ3) is 5.98. The molecule has 0 spiro atoms. The Morgan fingerprint density at radius 1 is 1.17 bits per heavy atom. The van der Waals surface area contributed by atoms with Crippen LogP contribution in [-0.4, -0.2) is 29.2 Å². The number of hydrogen-bond donors (Lipinski definition) is 0. The van der Waals surface area contributed by atoms with Gasteiger partial charge < -0.3 is 9.64 Å². The highest BCUT2D eigenvalue weighted by molar-refractivity contribution is 7.98. The predicted molar refractivity (Wildman–Crippen MR) is 107 cm³/mol. The average molecular weight is 438 g/mol. The normalized spacial score (nSPS) is 11.3. The molecule has 152 valence electrons. The summed E-state index contributed by atoms with van der Waals surface area (Å²) in [4.78, 5) is 19.4. The zero-order valence-electron chi connectivity index (χ0n) is 15.3. The number of amides is 1. The van der Waals surface area contributed by atoms with Crippen LogP contribution in [0.25, 0.3) is 0 Å². The molecular weight excluding hydrogens is 421 g/mol. The van der Waals surface area contributed by atoms with Crippen LogP contribution in [-0.2, 0) is 12.3 Å². The minimum absolute atomic E-state index is 0.0177. The lowest BCUT2D eigenvalue weighted by Crippen LogP contribution is -2.27. The Morgan fingerprint density at radius 2 is 1.90 bits per heavy atom. The van der Waals surface area contributed by atoms with Gasteiger partial charge in [-0.25, -0.2) is 4.98 Å². The number of benzene rings is 2. The number of carbonyl (C=O) groups excluding carboxylic acids is 1. The Labute approximate surface area is 174 Å². The summed E-state index contributed by atoms with van der Waals surface area (Å²) < 4.78 is 42.0. The fourth-order valence-corrected chi connectivity index (χ4v) is 4.23. The Kier molecular flexibility index (Phi) is 6.81. The first-order chi connectivity index (χ1) is 13.8. The molecule has 9 heteroatoms. The fraction of sp³-hybridized carbons (Fsp3) is 0.200. The van der Waals surface area contributed by atoms with Gasteiger partial charge in [0.25, 0.3) is 5.91 Å². The number of nitrogens with zero attached hydrogens (tertiary/aromatic N) is 2. The molecule has 29 heavy (non-hydrogen) atoms. The van der Waals surface area contributed by atoms with E-state index >= 15 is 0 Å². The average Bonchev–Trinajstić information content (AvgIpc) is 3.20. The number of aromatic nitrogens is 1. The van der Waals surface area contributed by atoms with Crippen molar-refractivity contribution in [1.29, 1.82) is 0 Å². The summed E-state index contributed by atoms with van der Waals surface area (Å²) in [6, 6.07) is 13.0. The summed E-state index contributed by atoms with van der Waals surface area (Å²) in [7, 11) is 1.55. The van der Waals surface area contributed by atoms with Crippen LogP contribution in [0.4, 0.5) is 13.2 Å². The standard InChI is InChI=1S/C20H17F3N2O2S2/c1-25(10-14-6-2-4-8-17(14)27-20(21,22)23)19(26)16-7-3-5-9-18(16)29-12-15-11-28-13-24-15/h2-9,11,13H,10,12H2,1H3. The third-order valence-electron chi connectivity index (χ3n) is 3.93. The number of rotatable bonds is 7. The van der Waals surface area contributed by atoms with Crippen molar-refractivity contribution in [3.05, 3.63) is 76.2 Å². The van der Waals surface area contributed by atoms with Crippen LogP contribution in [0.3, 0.4) is 0 Å². The van der Waals surface area contributed by atoms with E-state index in [9.17, 15) is 18.0 Å². The molecule has 3 aromatic rings. The first-order valence-corrected chi connectivity index (χ1v) is 10.4. The van der Waals surface area contributed by atoms with Gasteiger partial charge in [-0.15, -0.1) is 36.3 Å². The van der Waals surface area contributed by atoms with Crippen LogP contribution in [0.5, 0.6) is 5.75 Å². The quantitative estimate of drug-likeness (QED) is 0.450. The van der Waals surface area contributed by atoms with Crippen molar-refractivity contribution in [1.82, 2.24) is 9.88 Å². The number of thioether (sulfide) groups is 1. The predicted octanol–water partition coefficient (Wildman–Crippen LogP) is 5.61. The van der Waals surface area contributed by atoms with Crippen LogP contribution >= 0.6 is 23.1 Å². The Bertz CT molecular complexity index is 962. The molecule has 0 aliphatic rings. The van der Waals surface area contributed by atoms with Gasteiger partial charge >= 0.3 is 6.36 Å². The minimum atomic E-state index is -4.79. The van der Waals surface area contributed by atoms with Crippen molar-refractivity contribution >= 4 is 29.0 Å². The van der Waals surface area contributed by atoms with Gasteiger partial charge in [-0.1, -0.05) is 30.3 Å². The van der Waals surface area contributed by atoms with Gasteiger partial charge in [-0.05, 0) is 18.2 Å². The van der Waals surface area contributed by atoms with E-state index < -0.39 is 6.36 Å². The second-order valence-corrected chi connectivity index (χ2v) is 7.82. The number of hydrogen-bond acceptors (Lipinski definition) is 5. The molecule has 0 bridgehead atoms. The van der Waals surface area contributed by atoms with E-state index in [0.29, 0.717) is 11.3 Å². The summed E-state index contributed by atoms with van der Waals surface area (Å²) in [6.07, 6.45) is -4.79. The van der Waals surface area contributed by atoms with Crippen LogP contribution in [0.2, 0.25) is 0 Å². The molecule has 0 N–H and O–H groups in total. The van der Waals surface area contributed by atoms with Crippen molar-refractivity contribution in [2.24, 2.45) is 0 Å². The van der Waals surface area contributed by atoms with Crippen molar-refractivity contribution < 1.29 is 22.7 Å². The zero-order chi connectivity index (χ0) is 20.9. The number of thiazole rings is 1. The lowest BCUT2D eigenvalue weighted by molar-refractivity contribution is -0.275. The molecule has 0 radical (unpaired) electrons. The first-order valence-electron chi connectivity index (χ1n) is 8.51. The Hall–Kier alpha value is -2.52. The maximum Gasteiger partial charge on any atom is 0.573 e. The van der Waals surface area contributed by atoms with E-state index in [-0.39, 0.29) is 23.8 Å². The fourth-order valence-electron chi connectivity index (χ4n) is 2.62. The Balaban J connectivity index is 1.74. The molecule has 0 saturated carbocycles. The van der Waals surface area contributed by atoms with E-state index in [0.717, 1.165) is 10.6 Å². The van der Waals surface area contributed by atoms with Crippen molar-refractivity contribution in [3.8, 4) is 5.75 Å². The molecule has 0 aliphatic carbocycles. The molecule has 0 unspecified atom stereocenters. The molecule has 3 rings (SSSR count). The maximum atomic E-state index is 13.0. The molecule has 0 fully saturated rings. The summed E-state index contributed by atoms with van der Waals surface area (Å²) in [6.45, 7) is -0.0177. The summed E-state index contributed by atoms with van der Waals surface area (Å²) in [5.74, 6) is 0.0266. The van der Waals surface area contributed by atoms with E-state index in [1.165, 1.54) is 46.2 Å². The van der Waals surface area contributed by atoms with Gasteiger partial charge in [-0.3, -0.25) is 4.79 Å². The van der Waals surface area contributed by atoms with Gasteiger partial charge in [-0.2, -0.15) is 0 Å². The highest BCUT2D eigenvalue weighted by Crippen LogP contribution is 2.29. The van der Waals surface area contributed by atoms with Crippen LogP contribution in [0.15, 0.2) is 64.3 Å². The molecule has 4 nitrogen and oxygen atoms in total. The van der Waals surface area contributed by atoms with Gasteiger partial charge in [0.15, 0.2) is 0 Å². The molecular formula is C20H17F3N2O2S2. The number of para-hydroxylation sites is 1. The number of ether oxygens (including phenoxy) is 1. The second kappa shape index (κ2) is 9.32. The zero-order valence-corrected chi connectivity index (χ0v) is 17.0. The SMILES string of the molecule is CN(Cc1ccccc1OC(F)(F)F)C(=O)c1ccccc1SCc1cscn1. The smallest absolute Gasteiger partial charge is 0.405 e. The molecule has 0 atom stereocenters. The minimum Gasteiger partial charge on any atom is -0.405 e. The van der Waals surface area contributed by atoms with Crippen molar-refractivity contribution in [2.45, 2.75) is 23.6 Å². The van der Waals surface area contributed by atoms with E-state index in [1.807, 2.05) is 17.5 Å². The molecule has 1 amide bonds. The largest absolute Gasteiger partial charge is 0.573 e. The lowest BCUT2D eigenvalue weighted by Gasteiger charge is -2.21. The summed E-state index contributed by atoms with van der Waals surface area (Å²) >= 11 is 3.00. The number of alkyl halides is 3. The first kappa shape index (κ1) is 21.2. The van der Waals surface area contributed by atoms with Gasteiger partial charge in [0.2, 0.25) is 0 Å². The van der Waals surface area contributed by atoms with E-state index in [2.05, 4.69) is 9.72 Å². The third-order valence-corrected chi connectivity index (χ3v) is 5.67. The van der Waals surface area contributed by atoms with Gasteiger partial charge in [0, 0.05) is 35.2 Å². The van der Waals surface area contributed by atoms with Gasteiger partial charge in [0.05, 0.1) is 16.8 Å². The topological polar surface area (TPSA) is 42.4 Å². The van der Waals surface area contributed by atoms with Crippen LogP contribution < -0.4 is 4.74 Å². The molecule has 1 heterocycles. The van der Waals surface area contributed by atoms with Crippen LogP contribution in [0, 0.1) is 0 Å². The Morgan fingerprint density at radius 3 is 2.62 bits per heavy atom. The van der Waals surface area contributed by atoms with E-state index in [1.54, 1.807) is 30.8 Å². The van der Waals surface area contributed by atoms with Crippen molar-refractivity contribution in [2.75, 3.05) is 7.05 Å². The van der Waals surface area contributed by atoms with Crippen LogP contribution in [0.1, 0.15) is 21.6 Å². The summed E-state index contributed by atoms with van der Waals surface area (Å²) in [5.41, 5.74) is 3.44. The highest BCUT2D eigenvalue weighted by atomic mass is 32.2. The second-order valence-electron chi connectivity index (χ2n) is 6.08. The molecule has 0 aliphatic heterocycles. The molecule has 2 aromatic carbocycles. The number of halogens is 3. The van der Waals surface area contributed by atoms with E-state index in [4.69, 9.17) is 0 Å².